The molecule has 4 nitrogen and oxygen atoms in total. The minimum Gasteiger partial charge on any atom is -0.370 e. The van der Waals surface area contributed by atoms with Gasteiger partial charge in [0, 0.05) is 24.6 Å². The Morgan fingerprint density at radius 2 is 1.87 bits per heavy atom. The van der Waals surface area contributed by atoms with Crippen LogP contribution in [0, 0.1) is 12.7 Å². The number of aromatic nitrogens is 2. The number of H-pyrrole nitrogens is 1. The van der Waals surface area contributed by atoms with Gasteiger partial charge < -0.3 is 4.90 Å². The van der Waals surface area contributed by atoms with Crippen LogP contribution in [0.25, 0.3) is 5.70 Å². The third kappa shape index (κ3) is 5.03. The molecule has 3 rings (SSSR count). The zero-order valence-corrected chi connectivity index (χ0v) is 17.6. The van der Waals surface area contributed by atoms with Crippen LogP contribution in [0.2, 0.25) is 0 Å². The summed E-state index contributed by atoms with van der Waals surface area (Å²) in [6.07, 6.45) is 3.01. The number of nitrogens with one attached hydrogen (secondary N) is 1. The second-order valence-electron chi connectivity index (χ2n) is 7.47. The fraction of sp³-hybridized carbons (Fsp3) is 0.280. The molecule has 0 radical (unpaired) electrons. The first kappa shape index (κ1) is 21.5. The molecule has 0 amide bonds. The smallest absolute Gasteiger partial charge is 0.203 e. The molecule has 1 heterocycles. The molecular formula is C25H28FN3O. The van der Waals surface area contributed by atoms with Crippen LogP contribution in [0.3, 0.4) is 0 Å². The van der Waals surface area contributed by atoms with E-state index in [0.717, 1.165) is 42.8 Å². The molecule has 2 aromatic carbocycles. The van der Waals surface area contributed by atoms with E-state index in [1.807, 2.05) is 24.3 Å². The van der Waals surface area contributed by atoms with Crippen LogP contribution in [0.5, 0.6) is 0 Å². The van der Waals surface area contributed by atoms with Crippen LogP contribution < -0.4 is 5.43 Å². The van der Waals surface area contributed by atoms with E-state index in [0.29, 0.717) is 11.3 Å². The Bertz CT molecular complexity index is 1050. The Labute approximate surface area is 177 Å². The molecule has 5 heteroatoms. The Morgan fingerprint density at radius 3 is 2.57 bits per heavy atom. The summed E-state index contributed by atoms with van der Waals surface area (Å²) in [6, 6.07) is 17.0. The number of nitrogens with zero attached hydrogens (tertiary/aromatic N) is 2. The number of hydrogen-bond acceptors (Lipinski definition) is 3. The highest BCUT2D eigenvalue weighted by molar-refractivity contribution is 5.60. The third-order valence-electron chi connectivity index (χ3n) is 5.41. The Morgan fingerprint density at radius 1 is 1.13 bits per heavy atom. The quantitative estimate of drug-likeness (QED) is 0.537. The van der Waals surface area contributed by atoms with Crippen molar-refractivity contribution in [1.82, 2.24) is 15.1 Å². The zero-order valence-electron chi connectivity index (χ0n) is 17.6. The van der Waals surface area contributed by atoms with Crippen LogP contribution in [0.15, 0.2) is 72.2 Å². The average molecular weight is 406 g/mol. The molecule has 0 spiro atoms. The van der Waals surface area contributed by atoms with E-state index in [2.05, 4.69) is 40.7 Å². The third-order valence-corrected chi connectivity index (χ3v) is 5.41. The van der Waals surface area contributed by atoms with Crippen molar-refractivity contribution in [1.29, 1.82) is 0 Å². The van der Waals surface area contributed by atoms with Crippen molar-refractivity contribution in [3.8, 4) is 0 Å². The van der Waals surface area contributed by atoms with E-state index in [-0.39, 0.29) is 17.2 Å². The second-order valence-corrected chi connectivity index (χ2v) is 7.47. The van der Waals surface area contributed by atoms with Gasteiger partial charge in [-0.3, -0.25) is 9.89 Å². The summed E-state index contributed by atoms with van der Waals surface area (Å²) in [5.74, 6) is -0.171. The van der Waals surface area contributed by atoms with Gasteiger partial charge in [0.25, 0.3) is 0 Å². The Hall–Kier alpha value is -3.21. The molecule has 3 aromatic rings. The van der Waals surface area contributed by atoms with Crippen molar-refractivity contribution in [2.45, 2.75) is 32.6 Å². The molecule has 0 aliphatic carbocycles. The second kappa shape index (κ2) is 10.0. The van der Waals surface area contributed by atoms with E-state index >= 15 is 0 Å². The Kier molecular flexibility index (Phi) is 7.17. The molecule has 0 saturated heterocycles. The molecule has 0 bridgehead atoms. The van der Waals surface area contributed by atoms with Crippen molar-refractivity contribution in [2.24, 2.45) is 0 Å². The fourth-order valence-corrected chi connectivity index (χ4v) is 3.77. The lowest BCUT2D eigenvalue weighted by Crippen LogP contribution is -2.27. The minimum absolute atomic E-state index is 0.0584. The first-order valence-electron chi connectivity index (χ1n) is 10.3. The summed E-state index contributed by atoms with van der Waals surface area (Å²) < 4.78 is 13.9. The normalized spacial score (nSPS) is 11.8. The highest BCUT2D eigenvalue weighted by Crippen LogP contribution is 2.30. The predicted octanol–water partition coefficient (Wildman–Crippen LogP) is 5.12. The van der Waals surface area contributed by atoms with Crippen molar-refractivity contribution >= 4 is 5.70 Å². The molecule has 1 aromatic heterocycles. The standard InChI is InChI=1S/C25H28FN3O/c1-4-14-29(19(3)25-18(2)24(30)17-27-28-25)15-13-23(20-9-6-5-7-10-20)21-11-8-12-22(26)16-21/h5-12,16-17,23H,3-4,13-15H2,1-2H3,(H,28,30). The van der Waals surface area contributed by atoms with Crippen LogP contribution in [-0.4, -0.2) is 28.2 Å². The topological polar surface area (TPSA) is 49.0 Å². The number of hydrogen-bond donors (Lipinski definition) is 1. The summed E-state index contributed by atoms with van der Waals surface area (Å²) in [7, 11) is 0. The molecule has 1 N–H and O–H groups in total. The SMILES string of the molecule is C=C(c1[nH]ncc(=O)c1C)N(CCC)CCC(c1ccccc1)c1cccc(F)c1. The number of halogens is 1. The van der Waals surface area contributed by atoms with Gasteiger partial charge in [-0.2, -0.15) is 5.10 Å². The van der Waals surface area contributed by atoms with E-state index in [9.17, 15) is 9.18 Å². The van der Waals surface area contributed by atoms with Crippen LogP contribution in [-0.2, 0) is 0 Å². The maximum Gasteiger partial charge on any atom is 0.203 e. The summed E-state index contributed by atoms with van der Waals surface area (Å²) in [5, 5.41) is 6.88. The van der Waals surface area contributed by atoms with Crippen molar-refractivity contribution in [3.63, 3.8) is 0 Å². The largest absolute Gasteiger partial charge is 0.370 e. The molecule has 1 unspecified atom stereocenters. The summed E-state index contributed by atoms with van der Waals surface area (Å²) in [6.45, 7) is 9.66. The van der Waals surface area contributed by atoms with Crippen LogP contribution >= 0.6 is 0 Å². The number of benzene rings is 2. The van der Waals surface area contributed by atoms with Gasteiger partial charge in [0.05, 0.1) is 17.6 Å². The van der Waals surface area contributed by atoms with E-state index in [1.165, 1.54) is 12.3 Å². The summed E-state index contributed by atoms with van der Waals surface area (Å²) >= 11 is 0. The molecule has 0 aliphatic rings. The van der Waals surface area contributed by atoms with Gasteiger partial charge in [-0.05, 0) is 43.0 Å². The number of rotatable bonds is 9. The summed E-state index contributed by atoms with van der Waals surface area (Å²) in [4.78, 5) is 14.2. The maximum atomic E-state index is 13.9. The molecule has 1 atom stereocenters. The van der Waals surface area contributed by atoms with Gasteiger partial charge in [0.2, 0.25) is 5.43 Å². The first-order chi connectivity index (χ1) is 14.5. The van der Waals surface area contributed by atoms with Gasteiger partial charge in [0.1, 0.15) is 5.82 Å². The van der Waals surface area contributed by atoms with Crippen molar-refractivity contribution in [2.75, 3.05) is 13.1 Å². The molecular weight excluding hydrogens is 377 g/mol. The maximum absolute atomic E-state index is 13.9. The van der Waals surface area contributed by atoms with E-state index in [4.69, 9.17) is 0 Å². The lowest BCUT2D eigenvalue weighted by atomic mass is 9.88. The first-order valence-corrected chi connectivity index (χ1v) is 10.3. The highest BCUT2D eigenvalue weighted by Gasteiger charge is 2.19. The van der Waals surface area contributed by atoms with Gasteiger partial charge >= 0.3 is 0 Å². The van der Waals surface area contributed by atoms with Gasteiger partial charge in [-0.15, -0.1) is 0 Å². The monoisotopic (exact) mass is 405 g/mol. The molecule has 0 saturated carbocycles. The lowest BCUT2D eigenvalue weighted by molar-refractivity contribution is 0.379. The van der Waals surface area contributed by atoms with Gasteiger partial charge in [-0.1, -0.05) is 56.0 Å². The average Bonchev–Trinajstić information content (AvgIpc) is 2.75. The van der Waals surface area contributed by atoms with E-state index in [1.54, 1.807) is 19.1 Å². The fourth-order valence-electron chi connectivity index (χ4n) is 3.77. The zero-order chi connectivity index (χ0) is 21.5. The number of aromatic amines is 1. The van der Waals surface area contributed by atoms with E-state index < -0.39 is 0 Å². The Balaban J connectivity index is 1.87. The van der Waals surface area contributed by atoms with Crippen molar-refractivity contribution in [3.05, 3.63) is 106 Å². The van der Waals surface area contributed by atoms with Gasteiger partial charge in [-0.25, -0.2) is 4.39 Å². The van der Waals surface area contributed by atoms with Crippen molar-refractivity contribution < 1.29 is 4.39 Å². The molecule has 0 fully saturated rings. The predicted molar refractivity (Wildman–Crippen MR) is 120 cm³/mol. The summed E-state index contributed by atoms with van der Waals surface area (Å²) in [5.41, 5.74) is 4.03. The molecule has 30 heavy (non-hydrogen) atoms. The van der Waals surface area contributed by atoms with Crippen LogP contribution in [0.1, 0.15) is 48.1 Å². The highest BCUT2D eigenvalue weighted by atomic mass is 19.1. The lowest BCUT2D eigenvalue weighted by Gasteiger charge is -2.29. The van der Waals surface area contributed by atoms with Gasteiger partial charge in [0.15, 0.2) is 0 Å². The molecule has 0 aliphatic heterocycles. The van der Waals surface area contributed by atoms with Crippen LogP contribution in [0.4, 0.5) is 4.39 Å². The molecule has 156 valence electrons. The minimum atomic E-state index is -0.230.